The van der Waals surface area contributed by atoms with Crippen LogP contribution in [0.4, 0.5) is 15.8 Å². The number of amides is 1. The molecular formula is C23H22ClFN2O4S2. The van der Waals surface area contributed by atoms with Crippen LogP contribution >= 0.6 is 23.4 Å². The fourth-order valence-electron chi connectivity index (χ4n) is 2.96. The van der Waals surface area contributed by atoms with Crippen molar-refractivity contribution in [1.29, 1.82) is 0 Å². The van der Waals surface area contributed by atoms with Gasteiger partial charge >= 0.3 is 0 Å². The van der Waals surface area contributed by atoms with Crippen molar-refractivity contribution in [1.82, 2.24) is 0 Å². The molecule has 0 aliphatic heterocycles. The van der Waals surface area contributed by atoms with Crippen molar-refractivity contribution >= 4 is 50.5 Å². The quantitative estimate of drug-likeness (QED) is 0.372. The predicted molar refractivity (Wildman–Crippen MR) is 130 cm³/mol. The summed E-state index contributed by atoms with van der Waals surface area (Å²) in [6.07, 6.45) is 1.90. The highest BCUT2D eigenvalue weighted by Gasteiger charge is 2.23. The van der Waals surface area contributed by atoms with Gasteiger partial charge in [-0.3, -0.25) is 4.79 Å². The Bertz CT molecular complexity index is 1250. The van der Waals surface area contributed by atoms with E-state index < -0.39 is 21.6 Å². The normalized spacial score (nSPS) is 11.2. The average Bonchev–Trinajstić information content (AvgIpc) is 2.81. The summed E-state index contributed by atoms with van der Waals surface area (Å²) in [5.41, 5.74) is 0.571. The summed E-state index contributed by atoms with van der Waals surface area (Å²) >= 11 is 7.25. The summed E-state index contributed by atoms with van der Waals surface area (Å²) in [4.78, 5) is 13.4. The fraction of sp³-hybridized carbons (Fsp3) is 0.174. The van der Waals surface area contributed by atoms with Crippen molar-refractivity contribution in [2.75, 3.05) is 30.0 Å². The largest absolute Gasteiger partial charge is 0.494 e. The minimum Gasteiger partial charge on any atom is -0.494 e. The molecule has 0 aromatic heterocycles. The van der Waals surface area contributed by atoms with E-state index in [9.17, 15) is 17.6 Å². The highest BCUT2D eigenvalue weighted by atomic mass is 35.5. The third-order valence-electron chi connectivity index (χ3n) is 4.57. The number of ether oxygens (including phenoxy) is 1. The first-order valence-electron chi connectivity index (χ1n) is 9.89. The van der Waals surface area contributed by atoms with Gasteiger partial charge in [-0.2, -0.15) is 0 Å². The molecule has 174 valence electrons. The summed E-state index contributed by atoms with van der Waals surface area (Å²) in [6.45, 7) is 1.95. The van der Waals surface area contributed by atoms with Crippen LogP contribution in [0.1, 0.15) is 6.92 Å². The Balaban J connectivity index is 1.85. The molecule has 0 saturated heterocycles. The van der Waals surface area contributed by atoms with Gasteiger partial charge in [0.2, 0.25) is 15.7 Å². The molecule has 0 aliphatic rings. The molecule has 0 saturated carbocycles. The fourth-order valence-corrected chi connectivity index (χ4v) is 5.00. The van der Waals surface area contributed by atoms with Gasteiger partial charge in [0.1, 0.15) is 11.6 Å². The molecule has 0 bridgehead atoms. The first kappa shape index (κ1) is 24.9. The lowest BCUT2D eigenvalue weighted by atomic mass is 10.3. The highest BCUT2D eigenvalue weighted by molar-refractivity contribution is 7.98. The zero-order valence-corrected chi connectivity index (χ0v) is 20.3. The Morgan fingerprint density at radius 2 is 1.82 bits per heavy atom. The number of carbonyl (C=O) groups excluding carboxylic acids is 1. The standard InChI is InChI=1S/C23H22ClFN2O4S2/c1-3-31-16-5-11-21(26-14-23(28)27-15-4-10-20(25)19(24)12-15)22(13-16)33(29,30)18-8-6-17(32-2)7-9-18/h4-13,26H,3,14H2,1-2H3,(H,27,28). The van der Waals surface area contributed by atoms with Crippen LogP contribution in [0.15, 0.2) is 75.4 Å². The van der Waals surface area contributed by atoms with E-state index in [0.29, 0.717) is 18.0 Å². The van der Waals surface area contributed by atoms with Crippen molar-refractivity contribution in [3.8, 4) is 5.75 Å². The van der Waals surface area contributed by atoms with Crippen molar-refractivity contribution in [3.05, 3.63) is 71.5 Å². The van der Waals surface area contributed by atoms with Crippen molar-refractivity contribution < 1.29 is 22.3 Å². The molecular weight excluding hydrogens is 487 g/mol. The molecule has 0 unspecified atom stereocenters. The Kier molecular flexibility index (Phi) is 8.23. The number of hydrogen-bond acceptors (Lipinski definition) is 6. The van der Waals surface area contributed by atoms with Crippen molar-refractivity contribution in [2.45, 2.75) is 21.6 Å². The van der Waals surface area contributed by atoms with Crippen molar-refractivity contribution in [3.63, 3.8) is 0 Å². The summed E-state index contributed by atoms with van der Waals surface area (Å²) in [5, 5.41) is 5.34. The molecule has 3 rings (SSSR count). The summed E-state index contributed by atoms with van der Waals surface area (Å²) in [5.74, 6) is -0.658. The molecule has 6 nitrogen and oxygen atoms in total. The number of rotatable bonds is 9. The molecule has 10 heteroatoms. The maximum absolute atomic E-state index is 13.4. The second-order valence-corrected chi connectivity index (χ2v) is 10.0. The van der Waals surface area contributed by atoms with Gasteiger partial charge in [-0.15, -0.1) is 11.8 Å². The van der Waals surface area contributed by atoms with Crippen LogP contribution < -0.4 is 15.4 Å². The Morgan fingerprint density at radius 1 is 1.09 bits per heavy atom. The molecule has 33 heavy (non-hydrogen) atoms. The topological polar surface area (TPSA) is 84.5 Å². The summed E-state index contributed by atoms with van der Waals surface area (Å²) < 4.78 is 45.5. The number of halogens is 2. The minimum absolute atomic E-state index is 0.0111. The molecule has 0 atom stereocenters. The van der Waals surface area contributed by atoms with Crippen LogP contribution in [-0.4, -0.2) is 33.7 Å². The van der Waals surface area contributed by atoms with Crippen LogP contribution in [0.25, 0.3) is 0 Å². The number of thioether (sulfide) groups is 1. The predicted octanol–water partition coefficient (Wildman–Crippen LogP) is 5.48. The van der Waals surface area contributed by atoms with Gasteiger partial charge in [0, 0.05) is 16.6 Å². The maximum Gasteiger partial charge on any atom is 0.243 e. The van der Waals surface area contributed by atoms with Gasteiger partial charge in [0.15, 0.2) is 0 Å². The van der Waals surface area contributed by atoms with Crippen LogP contribution in [-0.2, 0) is 14.6 Å². The number of benzene rings is 3. The van der Waals surface area contributed by atoms with E-state index in [4.69, 9.17) is 16.3 Å². The third kappa shape index (κ3) is 6.19. The molecule has 0 radical (unpaired) electrons. The molecule has 0 spiro atoms. The molecule has 3 aromatic carbocycles. The van der Waals surface area contributed by atoms with Crippen LogP contribution in [0, 0.1) is 5.82 Å². The molecule has 3 aromatic rings. The van der Waals surface area contributed by atoms with Crippen LogP contribution in [0.2, 0.25) is 5.02 Å². The lowest BCUT2D eigenvalue weighted by Gasteiger charge is -2.15. The maximum atomic E-state index is 13.4. The number of sulfone groups is 1. The van der Waals surface area contributed by atoms with E-state index in [1.54, 1.807) is 43.3 Å². The number of carbonyl (C=O) groups is 1. The zero-order valence-electron chi connectivity index (χ0n) is 17.9. The first-order chi connectivity index (χ1) is 15.7. The van der Waals surface area contributed by atoms with E-state index in [1.807, 2.05) is 6.26 Å². The summed E-state index contributed by atoms with van der Waals surface area (Å²) in [7, 11) is -3.90. The van der Waals surface area contributed by atoms with E-state index in [1.165, 1.54) is 30.0 Å². The lowest BCUT2D eigenvalue weighted by molar-refractivity contribution is -0.114. The van der Waals surface area contributed by atoms with Gasteiger partial charge < -0.3 is 15.4 Å². The van der Waals surface area contributed by atoms with E-state index in [-0.39, 0.29) is 27.0 Å². The molecule has 0 fully saturated rings. The number of hydrogen-bond donors (Lipinski definition) is 2. The smallest absolute Gasteiger partial charge is 0.243 e. The Morgan fingerprint density at radius 3 is 2.45 bits per heavy atom. The highest BCUT2D eigenvalue weighted by Crippen LogP contribution is 2.32. The third-order valence-corrected chi connectivity index (χ3v) is 7.41. The van der Waals surface area contributed by atoms with Gasteiger partial charge in [0.25, 0.3) is 0 Å². The zero-order chi connectivity index (χ0) is 24.0. The first-order valence-corrected chi connectivity index (χ1v) is 13.0. The van der Waals surface area contributed by atoms with Crippen LogP contribution in [0.5, 0.6) is 5.75 Å². The summed E-state index contributed by atoms with van der Waals surface area (Å²) in [6, 6.07) is 15.0. The second kappa shape index (κ2) is 10.9. The van der Waals surface area contributed by atoms with E-state index >= 15 is 0 Å². The van der Waals surface area contributed by atoms with Gasteiger partial charge in [-0.1, -0.05) is 11.6 Å². The van der Waals surface area contributed by atoms with E-state index in [2.05, 4.69) is 10.6 Å². The van der Waals surface area contributed by atoms with Crippen LogP contribution in [0.3, 0.4) is 0 Å². The Hall–Kier alpha value is -2.75. The Labute approximate surface area is 201 Å². The number of nitrogens with one attached hydrogen (secondary N) is 2. The molecule has 0 aliphatic carbocycles. The monoisotopic (exact) mass is 508 g/mol. The van der Waals surface area contributed by atoms with Gasteiger partial charge in [-0.05, 0) is 67.8 Å². The molecule has 1 amide bonds. The molecule has 0 heterocycles. The van der Waals surface area contributed by atoms with Crippen molar-refractivity contribution in [2.24, 2.45) is 0 Å². The number of anilines is 2. The second-order valence-electron chi connectivity index (χ2n) is 6.80. The molecule has 2 N–H and O–H groups in total. The average molecular weight is 509 g/mol. The van der Waals surface area contributed by atoms with Gasteiger partial charge in [-0.25, -0.2) is 12.8 Å². The SMILES string of the molecule is CCOc1ccc(NCC(=O)Nc2ccc(F)c(Cl)c2)c(S(=O)(=O)c2ccc(SC)cc2)c1. The minimum atomic E-state index is -3.90. The van der Waals surface area contributed by atoms with E-state index in [0.717, 1.165) is 11.0 Å². The lowest BCUT2D eigenvalue weighted by Crippen LogP contribution is -2.22. The van der Waals surface area contributed by atoms with Gasteiger partial charge in [0.05, 0.1) is 33.7 Å².